The Kier molecular flexibility index (Phi) is 5.82. The van der Waals surface area contributed by atoms with E-state index in [1.807, 2.05) is 17.0 Å². The van der Waals surface area contributed by atoms with Crippen LogP contribution in [-0.4, -0.2) is 43.2 Å². The van der Waals surface area contributed by atoms with Crippen LogP contribution in [0.1, 0.15) is 15.9 Å². The number of hydrogen-bond acceptors (Lipinski definition) is 2. The first-order valence-electron chi connectivity index (χ1n) is 8.17. The first kappa shape index (κ1) is 17.3. The second kappa shape index (κ2) is 8.06. The standard InChI is InChI=1S/C19H21ClN2OS/c1-24-18-7-5-15(6-8-18)14-21-9-11-22(12-10-21)19(23)16-3-2-4-17(20)13-16/h2-8,13H,9-12,14H2,1H3/p+1. The summed E-state index contributed by atoms with van der Waals surface area (Å²) in [5, 5.41) is 0.610. The van der Waals surface area contributed by atoms with E-state index in [1.165, 1.54) is 15.4 Å². The summed E-state index contributed by atoms with van der Waals surface area (Å²) in [6.07, 6.45) is 2.09. The normalized spacial score (nSPS) is 15.5. The number of hydrogen-bond donors (Lipinski definition) is 1. The van der Waals surface area contributed by atoms with Gasteiger partial charge in [0.15, 0.2) is 0 Å². The van der Waals surface area contributed by atoms with Gasteiger partial charge >= 0.3 is 0 Å². The van der Waals surface area contributed by atoms with Gasteiger partial charge in [0.25, 0.3) is 5.91 Å². The average molecular weight is 362 g/mol. The number of thioether (sulfide) groups is 1. The van der Waals surface area contributed by atoms with Crippen molar-refractivity contribution in [3.05, 3.63) is 64.7 Å². The zero-order valence-electron chi connectivity index (χ0n) is 13.8. The monoisotopic (exact) mass is 361 g/mol. The van der Waals surface area contributed by atoms with Crippen molar-refractivity contribution >= 4 is 29.3 Å². The van der Waals surface area contributed by atoms with E-state index in [0.29, 0.717) is 10.6 Å². The van der Waals surface area contributed by atoms with Crippen molar-refractivity contribution in [3.8, 4) is 0 Å². The van der Waals surface area contributed by atoms with Gasteiger partial charge < -0.3 is 9.80 Å². The van der Waals surface area contributed by atoms with Crippen molar-refractivity contribution in [1.29, 1.82) is 0 Å². The van der Waals surface area contributed by atoms with Crippen LogP contribution >= 0.6 is 23.4 Å². The largest absolute Gasteiger partial charge is 0.328 e. The van der Waals surface area contributed by atoms with Crippen molar-refractivity contribution < 1.29 is 9.69 Å². The molecule has 3 nitrogen and oxygen atoms in total. The zero-order chi connectivity index (χ0) is 16.9. The van der Waals surface area contributed by atoms with Crippen LogP contribution in [0.5, 0.6) is 0 Å². The molecule has 0 radical (unpaired) electrons. The highest BCUT2D eigenvalue weighted by Crippen LogP contribution is 2.15. The van der Waals surface area contributed by atoms with E-state index < -0.39 is 0 Å². The van der Waals surface area contributed by atoms with Crippen LogP contribution in [0.3, 0.4) is 0 Å². The quantitative estimate of drug-likeness (QED) is 0.847. The lowest BCUT2D eigenvalue weighted by Crippen LogP contribution is -3.13. The average Bonchev–Trinajstić information content (AvgIpc) is 2.62. The molecule has 1 saturated heterocycles. The van der Waals surface area contributed by atoms with Gasteiger partial charge in [-0.05, 0) is 36.6 Å². The summed E-state index contributed by atoms with van der Waals surface area (Å²) in [5.74, 6) is 0.0841. The second-order valence-corrected chi connectivity index (χ2v) is 7.39. The van der Waals surface area contributed by atoms with E-state index in [-0.39, 0.29) is 5.91 Å². The molecule has 0 unspecified atom stereocenters. The van der Waals surface area contributed by atoms with Gasteiger partial charge in [-0.3, -0.25) is 4.79 Å². The summed E-state index contributed by atoms with van der Waals surface area (Å²) >= 11 is 7.75. The fourth-order valence-electron chi connectivity index (χ4n) is 3.04. The highest BCUT2D eigenvalue weighted by molar-refractivity contribution is 7.98. The topological polar surface area (TPSA) is 24.8 Å². The maximum absolute atomic E-state index is 12.5. The molecule has 3 rings (SSSR count). The highest BCUT2D eigenvalue weighted by atomic mass is 35.5. The molecule has 1 fully saturated rings. The van der Waals surface area contributed by atoms with Gasteiger partial charge in [-0.25, -0.2) is 0 Å². The van der Waals surface area contributed by atoms with Gasteiger partial charge in [-0.1, -0.05) is 29.8 Å². The number of carbonyl (C=O) groups is 1. The fraction of sp³-hybridized carbons (Fsp3) is 0.316. The van der Waals surface area contributed by atoms with E-state index in [0.717, 1.165) is 32.7 Å². The number of amides is 1. The minimum absolute atomic E-state index is 0.0841. The molecule has 126 valence electrons. The van der Waals surface area contributed by atoms with E-state index in [9.17, 15) is 4.79 Å². The van der Waals surface area contributed by atoms with Crippen molar-refractivity contribution in [1.82, 2.24) is 4.90 Å². The summed E-state index contributed by atoms with van der Waals surface area (Å²) in [4.78, 5) is 17.3. The molecule has 0 bridgehead atoms. The molecule has 1 aliphatic rings. The molecule has 0 saturated carbocycles. The minimum Gasteiger partial charge on any atom is -0.328 e. The van der Waals surface area contributed by atoms with Crippen LogP contribution < -0.4 is 4.90 Å². The molecule has 0 aliphatic carbocycles. The summed E-state index contributed by atoms with van der Waals surface area (Å²) in [6.45, 7) is 4.58. The smallest absolute Gasteiger partial charge is 0.254 e. The zero-order valence-corrected chi connectivity index (χ0v) is 15.4. The minimum atomic E-state index is 0.0841. The molecule has 24 heavy (non-hydrogen) atoms. The Balaban J connectivity index is 1.54. The molecule has 0 spiro atoms. The SMILES string of the molecule is CSc1ccc(C[NH+]2CCN(C(=O)c3cccc(Cl)c3)CC2)cc1. The predicted molar refractivity (Wildman–Crippen MR) is 100.0 cm³/mol. The molecule has 5 heteroatoms. The molecular formula is C19H22ClN2OS+. The summed E-state index contributed by atoms with van der Waals surface area (Å²) in [5.41, 5.74) is 2.04. The van der Waals surface area contributed by atoms with Gasteiger partial charge in [0.2, 0.25) is 0 Å². The van der Waals surface area contributed by atoms with Gasteiger partial charge in [-0.2, -0.15) is 0 Å². The molecule has 0 aromatic heterocycles. The second-order valence-electron chi connectivity index (χ2n) is 6.08. The van der Waals surface area contributed by atoms with Gasteiger partial charge in [-0.15, -0.1) is 11.8 Å². The Morgan fingerprint density at radius 2 is 1.88 bits per heavy atom. The van der Waals surface area contributed by atoms with E-state index >= 15 is 0 Å². The molecular weight excluding hydrogens is 340 g/mol. The predicted octanol–water partition coefficient (Wildman–Crippen LogP) is 2.60. The molecule has 1 N–H and O–H groups in total. The third kappa shape index (κ3) is 4.32. The lowest BCUT2D eigenvalue weighted by Gasteiger charge is -2.32. The van der Waals surface area contributed by atoms with Gasteiger partial charge in [0.1, 0.15) is 6.54 Å². The van der Waals surface area contributed by atoms with Crippen molar-refractivity contribution in [2.45, 2.75) is 11.4 Å². The Bertz CT molecular complexity index is 697. The lowest BCUT2D eigenvalue weighted by atomic mass is 10.1. The van der Waals surface area contributed by atoms with E-state index in [4.69, 9.17) is 11.6 Å². The third-order valence-corrected chi connectivity index (χ3v) is 5.42. The molecule has 1 aliphatic heterocycles. The van der Waals surface area contributed by atoms with Crippen molar-refractivity contribution in [2.24, 2.45) is 0 Å². The molecule has 1 heterocycles. The Morgan fingerprint density at radius 3 is 2.50 bits per heavy atom. The molecule has 0 atom stereocenters. The maximum Gasteiger partial charge on any atom is 0.254 e. The number of benzene rings is 2. The van der Waals surface area contributed by atoms with Crippen molar-refractivity contribution in [3.63, 3.8) is 0 Å². The summed E-state index contributed by atoms with van der Waals surface area (Å²) < 4.78 is 0. The van der Waals surface area contributed by atoms with E-state index in [2.05, 4.69) is 30.5 Å². The highest BCUT2D eigenvalue weighted by Gasteiger charge is 2.24. The van der Waals surface area contributed by atoms with Gasteiger partial charge in [0.05, 0.1) is 26.2 Å². The number of halogens is 1. The number of piperazine rings is 1. The Labute approximate surface area is 152 Å². The van der Waals surface area contributed by atoms with Crippen LogP contribution in [0.25, 0.3) is 0 Å². The van der Waals surface area contributed by atoms with Crippen LogP contribution in [0.2, 0.25) is 5.02 Å². The fourth-order valence-corrected chi connectivity index (χ4v) is 3.64. The molecule has 2 aromatic carbocycles. The first-order valence-corrected chi connectivity index (χ1v) is 9.77. The number of quaternary nitrogens is 1. The summed E-state index contributed by atoms with van der Waals surface area (Å²) in [6, 6.07) is 16.0. The Morgan fingerprint density at radius 1 is 1.17 bits per heavy atom. The third-order valence-electron chi connectivity index (χ3n) is 4.44. The van der Waals surface area contributed by atoms with E-state index in [1.54, 1.807) is 23.9 Å². The number of rotatable bonds is 4. The lowest BCUT2D eigenvalue weighted by molar-refractivity contribution is -0.917. The van der Waals surface area contributed by atoms with Gasteiger partial charge in [0, 0.05) is 21.0 Å². The number of carbonyl (C=O) groups excluding carboxylic acids is 1. The van der Waals surface area contributed by atoms with Crippen LogP contribution in [0.4, 0.5) is 0 Å². The summed E-state index contributed by atoms with van der Waals surface area (Å²) in [7, 11) is 0. The Hall–Kier alpha value is -1.49. The van der Waals surface area contributed by atoms with Crippen molar-refractivity contribution in [2.75, 3.05) is 32.4 Å². The van der Waals surface area contributed by atoms with Crippen LogP contribution in [0, 0.1) is 0 Å². The number of nitrogens with one attached hydrogen (secondary N) is 1. The maximum atomic E-state index is 12.5. The molecule has 1 amide bonds. The number of nitrogens with zero attached hydrogens (tertiary/aromatic N) is 1. The van der Waals surface area contributed by atoms with Crippen LogP contribution in [-0.2, 0) is 6.54 Å². The van der Waals surface area contributed by atoms with Crippen LogP contribution in [0.15, 0.2) is 53.4 Å². The first-order chi connectivity index (χ1) is 11.7. The molecule has 2 aromatic rings.